The Hall–Kier alpha value is -3.68. The number of ether oxygens (including phenoxy) is 1. The van der Waals surface area contributed by atoms with Crippen LogP contribution < -0.4 is 15.4 Å². The van der Waals surface area contributed by atoms with Gasteiger partial charge >= 0.3 is 0 Å². The lowest BCUT2D eigenvalue weighted by Crippen LogP contribution is -2.26. The number of benzene rings is 2. The van der Waals surface area contributed by atoms with E-state index >= 15 is 0 Å². The topological polar surface area (TPSA) is 111 Å². The maximum absolute atomic E-state index is 11.8. The van der Waals surface area contributed by atoms with Crippen LogP contribution >= 0.6 is 0 Å². The van der Waals surface area contributed by atoms with Crippen molar-refractivity contribution >= 4 is 29.3 Å². The zero-order valence-electron chi connectivity index (χ0n) is 14.7. The number of anilines is 1. The molecule has 0 bridgehead atoms. The van der Waals surface area contributed by atoms with E-state index in [0.717, 1.165) is 0 Å². The molecule has 8 nitrogen and oxygen atoms in total. The van der Waals surface area contributed by atoms with Crippen molar-refractivity contribution in [1.29, 1.82) is 0 Å². The average Bonchev–Trinajstić information content (AvgIpc) is 2.63. The van der Waals surface area contributed by atoms with Crippen LogP contribution in [0.15, 0.2) is 54.6 Å². The largest absolute Gasteiger partial charge is 0.492 e. The minimum atomic E-state index is -0.480. The molecule has 0 aliphatic heterocycles. The molecule has 0 spiro atoms. The van der Waals surface area contributed by atoms with E-state index in [-0.39, 0.29) is 24.1 Å². The number of nitrogens with one attached hydrogen (secondary N) is 2. The van der Waals surface area contributed by atoms with Crippen molar-refractivity contribution in [3.05, 3.63) is 70.3 Å². The highest BCUT2D eigenvalue weighted by atomic mass is 16.6. The number of hydrogen-bond acceptors (Lipinski definition) is 5. The molecule has 27 heavy (non-hydrogen) atoms. The Kier molecular flexibility index (Phi) is 7.07. The third-order valence-electron chi connectivity index (χ3n) is 3.36. The van der Waals surface area contributed by atoms with Gasteiger partial charge in [-0.15, -0.1) is 0 Å². The van der Waals surface area contributed by atoms with E-state index in [4.69, 9.17) is 4.74 Å². The maximum atomic E-state index is 11.8. The number of non-ortho nitro benzene ring substituents is 1. The fraction of sp³-hybridized carbons (Fsp3) is 0.158. The van der Waals surface area contributed by atoms with Crippen LogP contribution in [0, 0.1) is 10.1 Å². The first kappa shape index (κ1) is 19.6. The molecule has 0 aliphatic rings. The van der Waals surface area contributed by atoms with Crippen molar-refractivity contribution in [3.8, 4) is 5.75 Å². The second-order valence-electron chi connectivity index (χ2n) is 5.53. The fourth-order valence-electron chi connectivity index (χ4n) is 2.15. The Morgan fingerprint density at radius 3 is 2.59 bits per heavy atom. The number of nitro benzene ring substituents is 1. The van der Waals surface area contributed by atoms with E-state index in [2.05, 4.69) is 10.6 Å². The average molecular weight is 369 g/mol. The van der Waals surface area contributed by atoms with Crippen molar-refractivity contribution in [1.82, 2.24) is 5.32 Å². The highest BCUT2D eigenvalue weighted by Gasteiger charge is 2.03. The fourth-order valence-corrected chi connectivity index (χ4v) is 2.15. The Labute approximate surface area is 156 Å². The van der Waals surface area contributed by atoms with E-state index in [0.29, 0.717) is 23.5 Å². The van der Waals surface area contributed by atoms with Crippen molar-refractivity contribution in [3.63, 3.8) is 0 Å². The molecule has 2 aromatic carbocycles. The molecule has 0 heterocycles. The van der Waals surface area contributed by atoms with Gasteiger partial charge in [0.25, 0.3) is 5.69 Å². The molecule has 2 aromatic rings. The first-order valence-electron chi connectivity index (χ1n) is 8.15. The Balaban J connectivity index is 1.74. The SMILES string of the molecule is CC(=O)Nc1cccc(OCCNC(=O)/C=C/c2ccc([N+](=O)[O-])cc2)c1. The van der Waals surface area contributed by atoms with Crippen molar-refractivity contribution in [2.75, 3.05) is 18.5 Å². The van der Waals surface area contributed by atoms with E-state index in [9.17, 15) is 19.7 Å². The number of nitro groups is 1. The van der Waals surface area contributed by atoms with Gasteiger partial charge in [0.05, 0.1) is 11.5 Å². The van der Waals surface area contributed by atoms with Gasteiger partial charge in [0, 0.05) is 36.9 Å². The molecule has 0 atom stereocenters. The highest BCUT2D eigenvalue weighted by molar-refractivity contribution is 5.91. The summed E-state index contributed by atoms with van der Waals surface area (Å²) in [4.78, 5) is 32.9. The molecule has 2 amide bonds. The maximum Gasteiger partial charge on any atom is 0.269 e. The lowest BCUT2D eigenvalue weighted by atomic mass is 10.2. The summed E-state index contributed by atoms with van der Waals surface area (Å²) in [5.74, 6) is 0.111. The minimum Gasteiger partial charge on any atom is -0.492 e. The third-order valence-corrected chi connectivity index (χ3v) is 3.36. The zero-order valence-corrected chi connectivity index (χ0v) is 14.7. The second-order valence-corrected chi connectivity index (χ2v) is 5.53. The second kappa shape index (κ2) is 9.71. The Morgan fingerprint density at radius 1 is 1.19 bits per heavy atom. The summed E-state index contributed by atoms with van der Waals surface area (Å²) in [6, 6.07) is 12.8. The van der Waals surface area contributed by atoms with Gasteiger partial charge in [-0.1, -0.05) is 6.07 Å². The van der Waals surface area contributed by atoms with E-state index in [1.165, 1.54) is 25.1 Å². The van der Waals surface area contributed by atoms with E-state index < -0.39 is 4.92 Å². The van der Waals surface area contributed by atoms with Gasteiger partial charge in [0.15, 0.2) is 0 Å². The van der Waals surface area contributed by atoms with Crippen LogP contribution in [0.25, 0.3) is 6.08 Å². The van der Waals surface area contributed by atoms with Crippen LogP contribution in [-0.4, -0.2) is 29.9 Å². The van der Waals surface area contributed by atoms with Gasteiger partial charge in [-0.25, -0.2) is 0 Å². The molecule has 0 fully saturated rings. The van der Waals surface area contributed by atoms with Crippen LogP contribution in [-0.2, 0) is 9.59 Å². The van der Waals surface area contributed by atoms with Gasteiger partial charge in [-0.05, 0) is 35.9 Å². The molecule has 2 N–H and O–H groups in total. The van der Waals surface area contributed by atoms with E-state index in [1.807, 2.05) is 0 Å². The lowest BCUT2D eigenvalue weighted by Gasteiger charge is -2.08. The number of carbonyl (C=O) groups excluding carboxylic acids is 2. The highest BCUT2D eigenvalue weighted by Crippen LogP contribution is 2.17. The van der Waals surface area contributed by atoms with Crippen molar-refractivity contribution in [2.45, 2.75) is 6.92 Å². The number of nitrogens with zero attached hydrogens (tertiary/aromatic N) is 1. The van der Waals surface area contributed by atoms with Crippen LogP contribution in [0.4, 0.5) is 11.4 Å². The summed E-state index contributed by atoms with van der Waals surface area (Å²) >= 11 is 0. The van der Waals surface area contributed by atoms with Crippen LogP contribution in [0.1, 0.15) is 12.5 Å². The summed E-state index contributed by atoms with van der Waals surface area (Å²) in [6.07, 6.45) is 2.91. The summed E-state index contributed by atoms with van der Waals surface area (Å²) in [6.45, 7) is 1.99. The molecule has 0 saturated carbocycles. The molecule has 0 unspecified atom stereocenters. The normalized spacial score (nSPS) is 10.4. The molecule has 0 aliphatic carbocycles. The first-order chi connectivity index (χ1) is 12.9. The summed E-state index contributed by atoms with van der Waals surface area (Å²) in [7, 11) is 0. The summed E-state index contributed by atoms with van der Waals surface area (Å²) < 4.78 is 5.52. The van der Waals surface area contributed by atoms with Gasteiger partial charge in [-0.2, -0.15) is 0 Å². The van der Waals surface area contributed by atoms with E-state index in [1.54, 1.807) is 42.5 Å². The number of carbonyl (C=O) groups is 2. The zero-order chi connectivity index (χ0) is 19.6. The molecular formula is C19H19N3O5. The number of rotatable bonds is 8. The van der Waals surface area contributed by atoms with Crippen LogP contribution in [0.5, 0.6) is 5.75 Å². The van der Waals surface area contributed by atoms with Crippen molar-refractivity contribution < 1.29 is 19.2 Å². The van der Waals surface area contributed by atoms with Crippen LogP contribution in [0.3, 0.4) is 0 Å². The summed E-state index contributed by atoms with van der Waals surface area (Å²) in [5, 5.41) is 15.9. The molecule has 2 rings (SSSR count). The van der Waals surface area contributed by atoms with Gasteiger partial charge in [0.1, 0.15) is 12.4 Å². The molecule has 0 aromatic heterocycles. The summed E-state index contributed by atoms with van der Waals surface area (Å²) in [5.41, 5.74) is 1.31. The van der Waals surface area contributed by atoms with Gasteiger partial charge in [0.2, 0.25) is 11.8 Å². The predicted molar refractivity (Wildman–Crippen MR) is 101 cm³/mol. The smallest absolute Gasteiger partial charge is 0.269 e. The monoisotopic (exact) mass is 369 g/mol. The van der Waals surface area contributed by atoms with Crippen molar-refractivity contribution in [2.24, 2.45) is 0 Å². The predicted octanol–water partition coefficient (Wildman–Crippen LogP) is 2.76. The standard InChI is InChI=1S/C19H19N3O5/c1-14(23)21-16-3-2-4-18(13-16)27-12-11-20-19(24)10-7-15-5-8-17(9-6-15)22(25)26/h2-10,13H,11-12H2,1H3,(H,20,24)(H,21,23)/b10-7+. The molecule has 0 saturated heterocycles. The molecule has 140 valence electrons. The molecule has 0 radical (unpaired) electrons. The Bertz CT molecular complexity index is 847. The van der Waals surface area contributed by atoms with Gasteiger partial charge < -0.3 is 15.4 Å². The van der Waals surface area contributed by atoms with Crippen LogP contribution in [0.2, 0.25) is 0 Å². The lowest BCUT2D eigenvalue weighted by molar-refractivity contribution is -0.384. The number of hydrogen-bond donors (Lipinski definition) is 2. The molecular weight excluding hydrogens is 350 g/mol. The first-order valence-corrected chi connectivity index (χ1v) is 8.15. The minimum absolute atomic E-state index is 0.00341. The van der Waals surface area contributed by atoms with Gasteiger partial charge in [-0.3, -0.25) is 19.7 Å². The third kappa shape index (κ3) is 6.99. The molecule has 8 heteroatoms. The Morgan fingerprint density at radius 2 is 1.93 bits per heavy atom. The number of amides is 2. The quantitative estimate of drug-likeness (QED) is 0.322.